The standard InChI is InChI=1S/C10H7N3O2.Li/c14-10(15)13-9-8-6(4-5-11-9)2-1-3-7(8)12-13;/h1-5,12H,(H,14,15);/q;+1/p-1. The van der Waals surface area contributed by atoms with Crippen molar-refractivity contribution in [2.24, 2.45) is 0 Å². The Labute approximate surface area is 103 Å². The maximum Gasteiger partial charge on any atom is 1.00 e. The summed E-state index contributed by atoms with van der Waals surface area (Å²) in [6.07, 6.45) is 0.260. The predicted octanol–water partition coefficient (Wildman–Crippen LogP) is -2.27. The van der Waals surface area contributed by atoms with E-state index in [4.69, 9.17) is 0 Å². The van der Waals surface area contributed by atoms with Crippen molar-refractivity contribution in [1.29, 1.82) is 0 Å². The van der Waals surface area contributed by atoms with Crippen molar-refractivity contribution in [2.45, 2.75) is 0 Å². The van der Waals surface area contributed by atoms with E-state index < -0.39 is 6.09 Å². The molecule has 5 nitrogen and oxygen atoms in total. The first-order valence-electron chi connectivity index (χ1n) is 4.43. The third-order valence-electron chi connectivity index (χ3n) is 2.40. The molecule has 6 heteroatoms. The molecule has 0 saturated heterocycles. The first-order chi connectivity index (χ1) is 7.27. The molecule has 0 aliphatic carbocycles. The van der Waals surface area contributed by atoms with Crippen LogP contribution in [0, 0.1) is 0 Å². The Balaban J connectivity index is 0.000000963. The molecule has 0 radical (unpaired) electrons. The Morgan fingerprint density at radius 2 is 2.19 bits per heavy atom. The van der Waals surface area contributed by atoms with Gasteiger partial charge in [-0.25, -0.2) is 9.99 Å². The first kappa shape index (κ1) is 10.8. The Kier molecular flexibility index (Phi) is 2.50. The quantitative estimate of drug-likeness (QED) is 0.494. The number of carboxylic acid groups (broad SMARTS) is 1. The molecular formula is C10H6LiN3O2. The van der Waals surface area contributed by atoms with E-state index in [0.29, 0.717) is 5.82 Å². The molecule has 1 amide bonds. The number of hydrazine groups is 1. The van der Waals surface area contributed by atoms with Gasteiger partial charge in [0.25, 0.3) is 0 Å². The van der Waals surface area contributed by atoms with Crippen molar-refractivity contribution < 1.29 is 28.8 Å². The summed E-state index contributed by atoms with van der Waals surface area (Å²) in [5.41, 5.74) is 3.45. The average molecular weight is 207 g/mol. The minimum atomic E-state index is -1.31. The summed E-state index contributed by atoms with van der Waals surface area (Å²) in [7, 11) is 0. The fourth-order valence-electron chi connectivity index (χ4n) is 1.78. The van der Waals surface area contributed by atoms with Crippen LogP contribution >= 0.6 is 0 Å². The van der Waals surface area contributed by atoms with Crippen LogP contribution in [0.4, 0.5) is 16.3 Å². The molecule has 1 aromatic carbocycles. The second-order valence-corrected chi connectivity index (χ2v) is 3.25. The molecule has 0 atom stereocenters. The van der Waals surface area contributed by atoms with Gasteiger partial charge in [0.15, 0.2) is 11.9 Å². The number of aromatic nitrogens is 1. The van der Waals surface area contributed by atoms with Gasteiger partial charge in [-0.05, 0) is 17.5 Å². The van der Waals surface area contributed by atoms with Crippen LogP contribution in [-0.4, -0.2) is 11.1 Å². The topological polar surface area (TPSA) is 68.3 Å². The monoisotopic (exact) mass is 207 g/mol. The first-order valence-corrected chi connectivity index (χ1v) is 4.43. The molecule has 0 unspecified atom stereocenters. The second kappa shape index (κ2) is 3.70. The molecule has 0 saturated carbocycles. The fraction of sp³-hybridized carbons (Fsp3) is 0. The van der Waals surface area contributed by atoms with Crippen molar-refractivity contribution in [1.82, 2.24) is 4.98 Å². The van der Waals surface area contributed by atoms with Gasteiger partial charge in [0, 0.05) is 6.20 Å². The van der Waals surface area contributed by atoms with Gasteiger partial charge in [0.1, 0.15) is 0 Å². The van der Waals surface area contributed by atoms with E-state index in [1.807, 2.05) is 18.2 Å². The van der Waals surface area contributed by atoms with Gasteiger partial charge in [-0.15, -0.1) is 0 Å². The molecule has 1 aliphatic heterocycles. The van der Waals surface area contributed by atoms with Crippen molar-refractivity contribution >= 4 is 28.4 Å². The van der Waals surface area contributed by atoms with Crippen LogP contribution in [-0.2, 0) is 0 Å². The van der Waals surface area contributed by atoms with Gasteiger partial charge in [-0.1, -0.05) is 12.1 Å². The normalized spacial score (nSPS) is 12.1. The third-order valence-corrected chi connectivity index (χ3v) is 2.40. The van der Waals surface area contributed by atoms with Gasteiger partial charge >= 0.3 is 18.9 Å². The number of hydrogen-bond acceptors (Lipinski definition) is 4. The van der Waals surface area contributed by atoms with E-state index in [-0.39, 0.29) is 18.9 Å². The zero-order valence-corrected chi connectivity index (χ0v) is 8.60. The second-order valence-electron chi connectivity index (χ2n) is 3.25. The van der Waals surface area contributed by atoms with Crippen LogP contribution in [0.25, 0.3) is 10.8 Å². The molecule has 2 heterocycles. The smallest absolute Gasteiger partial charge is 0.528 e. The Hall–Kier alpha value is -1.70. The van der Waals surface area contributed by atoms with Crippen molar-refractivity contribution in [3.8, 4) is 0 Å². The zero-order valence-electron chi connectivity index (χ0n) is 8.60. The number of pyridine rings is 1. The average Bonchev–Trinajstić information content (AvgIpc) is 2.61. The van der Waals surface area contributed by atoms with Crippen LogP contribution in [0.2, 0.25) is 0 Å². The van der Waals surface area contributed by atoms with Crippen LogP contribution in [0.3, 0.4) is 0 Å². The van der Waals surface area contributed by atoms with E-state index in [0.717, 1.165) is 21.5 Å². The number of anilines is 2. The van der Waals surface area contributed by atoms with E-state index in [9.17, 15) is 9.90 Å². The summed E-state index contributed by atoms with van der Waals surface area (Å²) in [4.78, 5) is 14.8. The Morgan fingerprint density at radius 3 is 2.94 bits per heavy atom. The van der Waals surface area contributed by atoms with Gasteiger partial charge in [-0.2, -0.15) is 0 Å². The maximum absolute atomic E-state index is 10.8. The summed E-state index contributed by atoms with van der Waals surface area (Å²) < 4.78 is 0. The third kappa shape index (κ3) is 1.33. The van der Waals surface area contributed by atoms with E-state index in [1.165, 1.54) is 0 Å². The molecule has 0 bridgehead atoms. The van der Waals surface area contributed by atoms with Crippen LogP contribution in [0.1, 0.15) is 0 Å². The molecule has 0 spiro atoms. The number of nitrogens with one attached hydrogen (secondary N) is 1. The van der Waals surface area contributed by atoms with E-state index in [2.05, 4.69) is 10.4 Å². The summed E-state index contributed by atoms with van der Waals surface area (Å²) in [5, 5.41) is 13.5. The molecule has 3 rings (SSSR count). The van der Waals surface area contributed by atoms with E-state index in [1.54, 1.807) is 12.3 Å². The summed E-state index contributed by atoms with van der Waals surface area (Å²) in [6, 6.07) is 7.40. The fourth-order valence-corrected chi connectivity index (χ4v) is 1.78. The van der Waals surface area contributed by atoms with Crippen LogP contribution in [0.15, 0.2) is 30.5 Å². The number of hydrogen-bond donors (Lipinski definition) is 1. The predicted molar refractivity (Wildman–Crippen MR) is 53.2 cm³/mol. The minimum Gasteiger partial charge on any atom is -0.528 e. The number of carbonyl (C=O) groups excluding carboxylic acids is 1. The zero-order chi connectivity index (χ0) is 10.4. The number of rotatable bonds is 0. The van der Waals surface area contributed by atoms with Crippen molar-refractivity contribution in [3.63, 3.8) is 0 Å². The molecule has 1 aromatic heterocycles. The summed E-state index contributed by atoms with van der Waals surface area (Å²) >= 11 is 0. The van der Waals surface area contributed by atoms with Gasteiger partial charge in [-0.3, -0.25) is 5.43 Å². The van der Waals surface area contributed by atoms with Gasteiger partial charge < -0.3 is 9.90 Å². The largest absolute Gasteiger partial charge is 1.00 e. The molecule has 1 aliphatic rings. The molecular weight excluding hydrogens is 201 g/mol. The Morgan fingerprint density at radius 1 is 1.38 bits per heavy atom. The van der Waals surface area contributed by atoms with E-state index >= 15 is 0 Å². The number of carbonyl (C=O) groups is 1. The number of benzene rings is 1. The minimum absolute atomic E-state index is 0. The van der Waals surface area contributed by atoms with Gasteiger partial charge in [0.05, 0.1) is 11.1 Å². The molecule has 0 fully saturated rings. The molecule has 16 heavy (non-hydrogen) atoms. The van der Waals surface area contributed by atoms with Crippen LogP contribution in [0.5, 0.6) is 0 Å². The maximum atomic E-state index is 10.8. The molecule has 1 N–H and O–H groups in total. The van der Waals surface area contributed by atoms with Crippen molar-refractivity contribution in [2.75, 3.05) is 10.4 Å². The SMILES string of the molecule is O=C([O-])N1Nc2cccc3ccnc1c23.[Li+]. The number of nitrogens with zero attached hydrogens (tertiary/aromatic N) is 2. The molecule has 2 aromatic rings. The van der Waals surface area contributed by atoms with Crippen molar-refractivity contribution in [3.05, 3.63) is 30.5 Å². The molecule has 74 valence electrons. The Bertz CT molecular complexity index is 568. The summed E-state index contributed by atoms with van der Waals surface area (Å²) in [5.74, 6) is 0.378. The number of amides is 1. The van der Waals surface area contributed by atoms with Gasteiger partial charge in [0.2, 0.25) is 0 Å². The summed E-state index contributed by atoms with van der Waals surface area (Å²) in [6.45, 7) is 0. The van der Waals surface area contributed by atoms with Crippen LogP contribution < -0.4 is 34.4 Å².